The molecule has 0 fully saturated rings. The lowest BCUT2D eigenvalue weighted by atomic mass is 10.2. The van der Waals surface area contributed by atoms with Gasteiger partial charge in [-0.1, -0.05) is 13.0 Å². The average Bonchev–Trinajstić information content (AvgIpc) is 2.61. The van der Waals surface area contributed by atoms with E-state index in [4.69, 9.17) is 4.74 Å². The zero-order valence-corrected chi connectivity index (χ0v) is 15.3. The maximum absolute atomic E-state index is 12.1. The molecule has 2 aromatic carbocycles. The van der Waals surface area contributed by atoms with Crippen molar-refractivity contribution < 1.29 is 14.3 Å². The average molecular weight is 355 g/mol. The van der Waals surface area contributed by atoms with Gasteiger partial charge < -0.3 is 20.7 Å². The zero-order chi connectivity index (χ0) is 18.9. The molecule has 0 heterocycles. The van der Waals surface area contributed by atoms with Gasteiger partial charge in [-0.15, -0.1) is 0 Å². The Hall–Kier alpha value is -3.02. The summed E-state index contributed by atoms with van der Waals surface area (Å²) in [6, 6.07) is 14.5. The second-order valence-electron chi connectivity index (χ2n) is 6.02. The predicted molar refractivity (Wildman–Crippen MR) is 105 cm³/mol. The molecule has 1 unspecified atom stereocenters. The van der Waals surface area contributed by atoms with Crippen molar-refractivity contribution in [1.29, 1.82) is 0 Å². The molecule has 2 amide bonds. The molecule has 0 aromatic heterocycles. The lowest BCUT2D eigenvalue weighted by Crippen LogP contribution is -2.21. The minimum absolute atomic E-state index is 0.120. The minimum atomic E-state index is -0.162. The Morgan fingerprint density at radius 2 is 1.69 bits per heavy atom. The Labute approximate surface area is 153 Å². The lowest BCUT2D eigenvalue weighted by Gasteiger charge is -2.13. The van der Waals surface area contributed by atoms with Crippen LogP contribution in [0.1, 0.15) is 27.2 Å². The van der Waals surface area contributed by atoms with Crippen LogP contribution in [-0.4, -0.2) is 24.5 Å². The summed E-state index contributed by atoms with van der Waals surface area (Å²) >= 11 is 0. The van der Waals surface area contributed by atoms with E-state index < -0.39 is 0 Å². The van der Waals surface area contributed by atoms with Gasteiger partial charge in [-0.05, 0) is 55.8 Å². The van der Waals surface area contributed by atoms with E-state index in [0.29, 0.717) is 11.4 Å². The molecule has 6 nitrogen and oxygen atoms in total. The largest absolute Gasteiger partial charge is 0.491 e. The molecule has 0 saturated carbocycles. The minimum Gasteiger partial charge on any atom is -0.491 e. The Kier molecular flexibility index (Phi) is 7.02. The molecule has 1 atom stereocenters. The van der Waals surface area contributed by atoms with Crippen LogP contribution < -0.4 is 20.7 Å². The van der Waals surface area contributed by atoms with Crippen LogP contribution in [0.2, 0.25) is 0 Å². The number of carbonyl (C=O) groups is 2. The number of nitrogens with one attached hydrogen (secondary N) is 3. The number of anilines is 3. The van der Waals surface area contributed by atoms with Gasteiger partial charge in [0.25, 0.3) is 0 Å². The number of rotatable bonds is 8. The van der Waals surface area contributed by atoms with Crippen LogP contribution in [0.15, 0.2) is 48.5 Å². The van der Waals surface area contributed by atoms with E-state index >= 15 is 0 Å². The van der Waals surface area contributed by atoms with Crippen molar-refractivity contribution in [2.24, 2.45) is 0 Å². The molecule has 3 N–H and O–H groups in total. The summed E-state index contributed by atoms with van der Waals surface area (Å²) in [5, 5.41) is 8.57. The second kappa shape index (κ2) is 9.46. The van der Waals surface area contributed by atoms with Crippen LogP contribution in [0, 0.1) is 0 Å². The standard InChI is InChI=1S/C20H25N3O3/c1-4-14(2)26-19-10-8-16(9-11-19)23-20(25)13-21-17-6-5-7-18(12-17)22-15(3)24/h5-12,14,21H,4,13H2,1-3H3,(H,22,24)(H,23,25). The smallest absolute Gasteiger partial charge is 0.243 e. The van der Waals surface area contributed by atoms with Gasteiger partial charge in [0.2, 0.25) is 11.8 Å². The highest BCUT2D eigenvalue weighted by atomic mass is 16.5. The van der Waals surface area contributed by atoms with Crippen molar-refractivity contribution in [3.05, 3.63) is 48.5 Å². The first kappa shape index (κ1) is 19.3. The molecule has 6 heteroatoms. The molecule has 0 spiro atoms. The third kappa shape index (κ3) is 6.47. The molecule has 138 valence electrons. The van der Waals surface area contributed by atoms with Gasteiger partial charge in [0.1, 0.15) is 5.75 Å². The molecule has 2 rings (SSSR count). The summed E-state index contributed by atoms with van der Waals surface area (Å²) in [6.07, 6.45) is 1.10. The third-order valence-corrected chi connectivity index (χ3v) is 3.69. The molecule has 0 radical (unpaired) electrons. The van der Waals surface area contributed by atoms with E-state index in [9.17, 15) is 9.59 Å². The van der Waals surface area contributed by atoms with Crippen molar-refractivity contribution in [2.75, 3.05) is 22.5 Å². The lowest BCUT2D eigenvalue weighted by molar-refractivity contribution is -0.115. The zero-order valence-electron chi connectivity index (χ0n) is 15.3. The number of benzene rings is 2. The second-order valence-corrected chi connectivity index (χ2v) is 6.02. The third-order valence-electron chi connectivity index (χ3n) is 3.69. The van der Waals surface area contributed by atoms with Crippen molar-refractivity contribution in [3.63, 3.8) is 0 Å². The monoisotopic (exact) mass is 355 g/mol. The molecule has 0 aliphatic rings. The van der Waals surface area contributed by atoms with E-state index in [2.05, 4.69) is 22.9 Å². The summed E-state index contributed by atoms with van der Waals surface area (Å²) in [7, 11) is 0. The summed E-state index contributed by atoms with van der Waals surface area (Å²) in [5.74, 6) is 0.483. The van der Waals surface area contributed by atoms with Gasteiger partial charge in [-0.2, -0.15) is 0 Å². The highest BCUT2D eigenvalue weighted by molar-refractivity contribution is 5.94. The molecular formula is C20H25N3O3. The summed E-state index contributed by atoms with van der Waals surface area (Å²) < 4.78 is 5.71. The van der Waals surface area contributed by atoms with Crippen LogP contribution in [0.5, 0.6) is 5.75 Å². The first-order valence-electron chi connectivity index (χ1n) is 8.64. The molecular weight excluding hydrogens is 330 g/mol. The van der Waals surface area contributed by atoms with Crippen molar-refractivity contribution >= 4 is 28.9 Å². The highest BCUT2D eigenvalue weighted by Gasteiger charge is 2.05. The number of carbonyl (C=O) groups excluding carboxylic acids is 2. The predicted octanol–water partition coefficient (Wildman–Crippen LogP) is 3.87. The van der Waals surface area contributed by atoms with Crippen molar-refractivity contribution in [3.8, 4) is 5.75 Å². The van der Waals surface area contributed by atoms with E-state index in [0.717, 1.165) is 17.9 Å². The van der Waals surface area contributed by atoms with Crippen LogP contribution in [-0.2, 0) is 9.59 Å². The summed E-state index contributed by atoms with van der Waals surface area (Å²) in [6.45, 7) is 5.65. The van der Waals surface area contributed by atoms with Crippen molar-refractivity contribution in [2.45, 2.75) is 33.3 Å². The van der Waals surface area contributed by atoms with Gasteiger partial charge in [0.15, 0.2) is 0 Å². The van der Waals surface area contributed by atoms with E-state index in [1.165, 1.54) is 6.92 Å². The fraction of sp³-hybridized carbons (Fsp3) is 0.300. The maximum atomic E-state index is 12.1. The SMILES string of the molecule is CCC(C)Oc1ccc(NC(=O)CNc2cccc(NC(C)=O)c2)cc1. The number of amides is 2. The van der Waals surface area contributed by atoms with Gasteiger partial charge in [-0.3, -0.25) is 9.59 Å². The fourth-order valence-corrected chi connectivity index (χ4v) is 2.23. The number of hydrogen-bond donors (Lipinski definition) is 3. The Morgan fingerprint density at radius 3 is 2.35 bits per heavy atom. The maximum Gasteiger partial charge on any atom is 0.243 e. The van der Waals surface area contributed by atoms with E-state index in [1.807, 2.05) is 43.3 Å². The van der Waals surface area contributed by atoms with Gasteiger partial charge in [0, 0.05) is 24.0 Å². The quantitative estimate of drug-likeness (QED) is 0.671. The number of hydrogen-bond acceptors (Lipinski definition) is 4. The normalized spacial score (nSPS) is 11.3. The highest BCUT2D eigenvalue weighted by Crippen LogP contribution is 2.18. The molecule has 26 heavy (non-hydrogen) atoms. The summed E-state index contributed by atoms with van der Waals surface area (Å²) in [5.41, 5.74) is 2.14. The fourth-order valence-electron chi connectivity index (χ4n) is 2.23. The molecule has 0 bridgehead atoms. The first-order chi connectivity index (χ1) is 12.5. The van der Waals surface area contributed by atoms with Gasteiger partial charge in [0.05, 0.1) is 12.6 Å². The topological polar surface area (TPSA) is 79.5 Å². The van der Waals surface area contributed by atoms with Crippen LogP contribution in [0.25, 0.3) is 0 Å². The van der Waals surface area contributed by atoms with Gasteiger partial charge >= 0.3 is 0 Å². The van der Waals surface area contributed by atoms with Crippen LogP contribution in [0.4, 0.5) is 17.1 Å². The van der Waals surface area contributed by atoms with E-state index in [1.54, 1.807) is 12.1 Å². The van der Waals surface area contributed by atoms with Crippen molar-refractivity contribution in [1.82, 2.24) is 0 Å². The van der Waals surface area contributed by atoms with Crippen LogP contribution >= 0.6 is 0 Å². The Morgan fingerprint density at radius 1 is 1.00 bits per heavy atom. The summed E-state index contributed by atoms with van der Waals surface area (Å²) in [4.78, 5) is 23.2. The molecule has 0 saturated heterocycles. The number of ether oxygens (including phenoxy) is 1. The molecule has 0 aliphatic carbocycles. The Bertz CT molecular complexity index is 744. The Balaban J connectivity index is 1.84. The van der Waals surface area contributed by atoms with E-state index in [-0.39, 0.29) is 24.5 Å². The van der Waals surface area contributed by atoms with Crippen LogP contribution in [0.3, 0.4) is 0 Å². The molecule has 0 aliphatic heterocycles. The van der Waals surface area contributed by atoms with Gasteiger partial charge in [-0.25, -0.2) is 0 Å². The molecule has 2 aromatic rings. The first-order valence-corrected chi connectivity index (χ1v) is 8.64.